The normalized spacial score (nSPS) is 14.8. The predicted molar refractivity (Wildman–Crippen MR) is 52.6 cm³/mol. The summed E-state index contributed by atoms with van der Waals surface area (Å²) in [6.07, 6.45) is 2.50. The molecule has 0 spiro atoms. The molecule has 2 nitrogen and oxygen atoms in total. The van der Waals surface area contributed by atoms with Crippen molar-refractivity contribution in [3.05, 3.63) is 35.4 Å². The average Bonchev–Trinajstić information content (AvgIpc) is 3.02. The zero-order valence-corrected chi connectivity index (χ0v) is 7.86. The molecule has 0 bridgehead atoms. The largest absolute Gasteiger partial charge is 0.299 e. The molecule has 1 aliphatic rings. The standard InChI is InChI=1S/C12H11NO/c13-8-11-4-2-1-3-10(11)7-12(14)9-5-6-9/h1-4,9H,5-7H2. The lowest BCUT2D eigenvalue weighted by Gasteiger charge is -2.01. The molecule has 0 N–H and O–H groups in total. The zero-order chi connectivity index (χ0) is 9.97. The molecule has 0 aliphatic heterocycles. The molecule has 1 aliphatic carbocycles. The summed E-state index contributed by atoms with van der Waals surface area (Å²) >= 11 is 0. The topological polar surface area (TPSA) is 40.9 Å². The van der Waals surface area contributed by atoms with Crippen LogP contribution < -0.4 is 0 Å². The van der Waals surface area contributed by atoms with Gasteiger partial charge in [0.25, 0.3) is 0 Å². The van der Waals surface area contributed by atoms with Crippen molar-refractivity contribution in [1.29, 1.82) is 5.26 Å². The second-order valence-corrected chi connectivity index (χ2v) is 3.69. The van der Waals surface area contributed by atoms with Crippen LogP contribution in [0.5, 0.6) is 0 Å². The number of rotatable bonds is 3. The van der Waals surface area contributed by atoms with E-state index < -0.39 is 0 Å². The van der Waals surface area contributed by atoms with Gasteiger partial charge < -0.3 is 0 Å². The third kappa shape index (κ3) is 1.82. The van der Waals surface area contributed by atoms with E-state index in [9.17, 15) is 4.79 Å². The van der Waals surface area contributed by atoms with E-state index in [1.807, 2.05) is 18.2 Å². The Hall–Kier alpha value is -1.62. The number of carbonyl (C=O) groups is 1. The Labute approximate surface area is 83.2 Å². The van der Waals surface area contributed by atoms with Crippen LogP contribution in [0.3, 0.4) is 0 Å². The molecular weight excluding hydrogens is 174 g/mol. The maximum Gasteiger partial charge on any atom is 0.140 e. The van der Waals surface area contributed by atoms with Crippen LogP contribution in [0.25, 0.3) is 0 Å². The highest BCUT2D eigenvalue weighted by atomic mass is 16.1. The van der Waals surface area contributed by atoms with Gasteiger partial charge in [-0.15, -0.1) is 0 Å². The van der Waals surface area contributed by atoms with Crippen molar-refractivity contribution in [3.8, 4) is 6.07 Å². The van der Waals surface area contributed by atoms with Crippen LogP contribution in [-0.4, -0.2) is 5.78 Å². The van der Waals surface area contributed by atoms with Crippen molar-refractivity contribution in [2.75, 3.05) is 0 Å². The molecule has 1 saturated carbocycles. The summed E-state index contributed by atoms with van der Waals surface area (Å²) in [5.74, 6) is 0.564. The summed E-state index contributed by atoms with van der Waals surface area (Å²) in [6, 6.07) is 9.42. The molecule has 0 saturated heterocycles. The highest BCUT2D eigenvalue weighted by molar-refractivity contribution is 5.85. The number of Topliss-reactive ketones (excluding diaryl/α,β-unsaturated/α-hetero) is 1. The number of hydrogen-bond donors (Lipinski definition) is 0. The van der Waals surface area contributed by atoms with Crippen LogP contribution in [0.15, 0.2) is 24.3 Å². The van der Waals surface area contributed by atoms with Gasteiger partial charge in [-0.2, -0.15) is 5.26 Å². The molecule has 1 fully saturated rings. The number of carbonyl (C=O) groups excluding carboxylic acids is 1. The molecule has 1 aromatic carbocycles. The van der Waals surface area contributed by atoms with E-state index in [1.54, 1.807) is 6.07 Å². The Morgan fingerprint density at radius 1 is 1.43 bits per heavy atom. The minimum atomic E-state index is 0.279. The van der Waals surface area contributed by atoms with Gasteiger partial charge in [0.15, 0.2) is 0 Å². The molecule has 0 unspecified atom stereocenters. The highest BCUT2D eigenvalue weighted by Gasteiger charge is 2.29. The van der Waals surface area contributed by atoms with Crippen LogP contribution >= 0.6 is 0 Å². The van der Waals surface area contributed by atoms with Gasteiger partial charge in [0.2, 0.25) is 0 Å². The summed E-state index contributed by atoms with van der Waals surface area (Å²) in [7, 11) is 0. The molecule has 14 heavy (non-hydrogen) atoms. The Kier molecular flexibility index (Phi) is 2.32. The number of hydrogen-bond acceptors (Lipinski definition) is 2. The molecular formula is C12H11NO. The quantitative estimate of drug-likeness (QED) is 0.723. The summed E-state index contributed by atoms with van der Waals surface area (Å²) in [6.45, 7) is 0. The van der Waals surface area contributed by atoms with Crippen LogP contribution in [-0.2, 0) is 11.2 Å². The summed E-state index contributed by atoms with van der Waals surface area (Å²) in [5.41, 5.74) is 1.49. The van der Waals surface area contributed by atoms with Gasteiger partial charge in [-0.3, -0.25) is 4.79 Å². The SMILES string of the molecule is N#Cc1ccccc1CC(=O)C1CC1. The smallest absolute Gasteiger partial charge is 0.140 e. The van der Waals surface area contributed by atoms with Gasteiger partial charge >= 0.3 is 0 Å². The molecule has 1 aromatic rings. The first-order chi connectivity index (χ1) is 6.81. The lowest BCUT2D eigenvalue weighted by molar-refractivity contribution is -0.119. The molecule has 2 rings (SSSR count). The Bertz CT molecular complexity index is 399. The lowest BCUT2D eigenvalue weighted by Crippen LogP contribution is -2.05. The van der Waals surface area contributed by atoms with Crippen molar-refractivity contribution in [2.45, 2.75) is 19.3 Å². The molecule has 2 heteroatoms. The van der Waals surface area contributed by atoms with E-state index in [0.29, 0.717) is 12.0 Å². The fourth-order valence-corrected chi connectivity index (χ4v) is 1.52. The van der Waals surface area contributed by atoms with Crippen LogP contribution in [0.1, 0.15) is 24.0 Å². The Balaban J connectivity index is 2.15. The second kappa shape index (κ2) is 3.63. The molecule has 0 atom stereocenters. The van der Waals surface area contributed by atoms with Gasteiger partial charge in [0.05, 0.1) is 11.6 Å². The molecule has 0 radical (unpaired) electrons. The molecule has 0 heterocycles. The fourth-order valence-electron chi connectivity index (χ4n) is 1.52. The van der Waals surface area contributed by atoms with Crippen LogP contribution in [0.2, 0.25) is 0 Å². The third-order valence-corrected chi connectivity index (χ3v) is 2.54. The lowest BCUT2D eigenvalue weighted by atomic mass is 10.0. The molecule has 0 aromatic heterocycles. The van der Waals surface area contributed by atoms with Crippen molar-refractivity contribution < 1.29 is 4.79 Å². The number of nitriles is 1. The summed E-state index contributed by atoms with van der Waals surface area (Å²) in [5, 5.41) is 8.82. The van der Waals surface area contributed by atoms with E-state index in [-0.39, 0.29) is 11.7 Å². The minimum absolute atomic E-state index is 0.279. The molecule has 70 valence electrons. The highest BCUT2D eigenvalue weighted by Crippen LogP contribution is 2.31. The molecule has 0 amide bonds. The Morgan fingerprint density at radius 2 is 2.14 bits per heavy atom. The summed E-state index contributed by atoms with van der Waals surface area (Å²) < 4.78 is 0. The summed E-state index contributed by atoms with van der Waals surface area (Å²) in [4.78, 5) is 11.5. The second-order valence-electron chi connectivity index (χ2n) is 3.69. The third-order valence-electron chi connectivity index (χ3n) is 2.54. The predicted octanol–water partition coefficient (Wildman–Crippen LogP) is 2.08. The van der Waals surface area contributed by atoms with Gasteiger partial charge in [-0.1, -0.05) is 18.2 Å². The maximum absolute atomic E-state index is 11.5. The Morgan fingerprint density at radius 3 is 2.79 bits per heavy atom. The first-order valence-corrected chi connectivity index (χ1v) is 4.82. The van der Waals surface area contributed by atoms with Crippen LogP contribution in [0, 0.1) is 17.2 Å². The minimum Gasteiger partial charge on any atom is -0.299 e. The van der Waals surface area contributed by atoms with E-state index in [4.69, 9.17) is 5.26 Å². The van der Waals surface area contributed by atoms with E-state index >= 15 is 0 Å². The number of benzene rings is 1. The van der Waals surface area contributed by atoms with Crippen LogP contribution in [0.4, 0.5) is 0 Å². The van der Waals surface area contributed by atoms with Crippen molar-refractivity contribution in [3.63, 3.8) is 0 Å². The fraction of sp³-hybridized carbons (Fsp3) is 0.333. The zero-order valence-electron chi connectivity index (χ0n) is 7.86. The first kappa shape index (κ1) is 8.96. The van der Waals surface area contributed by atoms with Gasteiger partial charge in [0, 0.05) is 12.3 Å². The average molecular weight is 185 g/mol. The van der Waals surface area contributed by atoms with E-state index in [2.05, 4.69) is 6.07 Å². The van der Waals surface area contributed by atoms with Gasteiger partial charge in [-0.05, 0) is 24.5 Å². The van der Waals surface area contributed by atoms with E-state index in [0.717, 1.165) is 18.4 Å². The van der Waals surface area contributed by atoms with Crippen molar-refractivity contribution in [1.82, 2.24) is 0 Å². The van der Waals surface area contributed by atoms with Crippen molar-refractivity contribution in [2.24, 2.45) is 5.92 Å². The van der Waals surface area contributed by atoms with Gasteiger partial charge in [0.1, 0.15) is 5.78 Å². The van der Waals surface area contributed by atoms with Gasteiger partial charge in [-0.25, -0.2) is 0 Å². The monoisotopic (exact) mass is 185 g/mol. The number of ketones is 1. The first-order valence-electron chi connectivity index (χ1n) is 4.82. The number of nitrogens with zero attached hydrogens (tertiary/aromatic N) is 1. The van der Waals surface area contributed by atoms with E-state index in [1.165, 1.54) is 0 Å². The maximum atomic E-state index is 11.5. The van der Waals surface area contributed by atoms with Crippen molar-refractivity contribution >= 4 is 5.78 Å².